The first kappa shape index (κ1) is 35.0. The number of piperazine rings is 1. The van der Waals surface area contributed by atoms with Crippen LogP contribution >= 0.6 is 11.6 Å². The van der Waals surface area contributed by atoms with Gasteiger partial charge in [0, 0.05) is 61.8 Å². The minimum atomic E-state index is -0.756. The number of benzene rings is 3. The van der Waals surface area contributed by atoms with Crippen molar-refractivity contribution in [2.45, 2.75) is 64.2 Å². The van der Waals surface area contributed by atoms with Gasteiger partial charge in [-0.1, -0.05) is 67.9 Å². The molecule has 1 saturated heterocycles. The molecule has 2 aliphatic rings. The number of rotatable bonds is 13. The van der Waals surface area contributed by atoms with E-state index in [4.69, 9.17) is 11.6 Å². The fourth-order valence-electron chi connectivity index (χ4n) is 6.80. The maximum atomic E-state index is 15.1. The molecule has 3 aromatic rings. The fourth-order valence-corrected chi connectivity index (χ4v) is 6.92. The van der Waals surface area contributed by atoms with E-state index in [9.17, 15) is 14.0 Å². The minimum absolute atomic E-state index is 0.143. The molecule has 0 bridgehead atoms. The second-order valence-electron chi connectivity index (χ2n) is 12.5. The maximum Gasteiger partial charge on any atom is 0.245 e. The van der Waals surface area contributed by atoms with Crippen LogP contribution in [0.15, 0.2) is 66.7 Å². The zero-order chi connectivity index (χ0) is 33.3. The second kappa shape index (κ2) is 16.6. The van der Waals surface area contributed by atoms with Crippen LogP contribution in [-0.4, -0.2) is 84.4 Å². The molecule has 10 heteroatoms. The number of amides is 2. The number of hydrogen-bond donors (Lipinski definition) is 2. The van der Waals surface area contributed by atoms with Crippen LogP contribution in [0.5, 0.6) is 0 Å². The Morgan fingerprint density at radius 3 is 2.36 bits per heavy atom. The number of halogens is 3. The molecule has 7 nitrogen and oxygen atoms in total. The molecule has 252 valence electrons. The quantitative estimate of drug-likeness (QED) is 0.257. The van der Waals surface area contributed by atoms with Crippen LogP contribution in [-0.2, 0) is 29.0 Å². The summed E-state index contributed by atoms with van der Waals surface area (Å²) < 4.78 is 28.9. The summed E-state index contributed by atoms with van der Waals surface area (Å²) in [6.07, 6.45) is 2.48. The van der Waals surface area contributed by atoms with Gasteiger partial charge in [0.25, 0.3) is 0 Å². The van der Waals surface area contributed by atoms with Crippen molar-refractivity contribution in [3.05, 3.63) is 106 Å². The lowest BCUT2D eigenvalue weighted by molar-refractivity contribution is -0.138. The molecule has 3 atom stereocenters. The van der Waals surface area contributed by atoms with E-state index in [0.717, 1.165) is 49.7 Å². The van der Waals surface area contributed by atoms with E-state index in [-0.39, 0.29) is 17.9 Å². The van der Waals surface area contributed by atoms with Gasteiger partial charge in [0.1, 0.15) is 17.7 Å². The van der Waals surface area contributed by atoms with E-state index < -0.39 is 23.7 Å². The first-order valence-corrected chi connectivity index (χ1v) is 17.2. The molecule has 47 heavy (non-hydrogen) atoms. The lowest BCUT2D eigenvalue weighted by Crippen LogP contribution is -2.58. The maximum absolute atomic E-state index is 15.1. The molecule has 1 fully saturated rings. The Morgan fingerprint density at radius 2 is 1.68 bits per heavy atom. The number of carbonyl (C=O) groups is 2. The molecule has 3 aromatic carbocycles. The van der Waals surface area contributed by atoms with Gasteiger partial charge in [0.15, 0.2) is 0 Å². The van der Waals surface area contributed by atoms with E-state index in [0.29, 0.717) is 56.2 Å². The first-order valence-electron chi connectivity index (χ1n) is 16.8. The second-order valence-corrected chi connectivity index (χ2v) is 12.9. The van der Waals surface area contributed by atoms with Crippen LogP contribution in [0.3, 0.4) is 0 Å². The normalized spacial score (nSPS) is 18.1. The van der Waals surface area contributed by atoms with Crippen LogP contribution < -0.4 is 10.6 Å². The molecular weight excluding hydrogens is 620 g/mol. The third-order valence-corrected chi connectivity index (χ3v) is 9.85. The van der Waals surface area contributed by atoms with Gasteiger partial charge >= 0.3 is 0 Å². The predicted molar refractivity (Wildman–Crippen MR) is 182 cm³/mol. The molecule has 5 rings (SSSR count). The van der Waals surface area contributed by atoms with Gasteiger partial charge in [-0.15, -0.1) is 0 Å². The highest BCUT2D eigenvalue weighted by atomic mass is 35.5. The number of nitrogens with zero attached hydrogens (tertiary/aromatic N) is 3. The van der Waals surface area contributed by atoms with Crippen LogP contribution in [0.2, 0.25) is 5.02 Å². The number of hydrogen-bond acceptors (Lipinski definition) is 5. The standard InChI is InChI=1S/C37H46ClF2N5O2/c1-3-43(4-2)17-7-10-35(31-16-15-30(39)24-32(31)40)44-18-20-45(21-19-44)37(47)34(22-26-11-13-29(38)14-12-26)42-36(46)33-23-27-8-5-6-9-28(27)25-41-33/h5-6,8-9,11-16,24,33-35,41H,3-4,7,10,17-23,25H2,1-2H3,(H,42,46)/t33-,34-,35?/m1/s1. The molecule has 2 amide bonds. The molecule has 0 aliphatic carbocycles. The molecule has 2 heterocycles. The Labute approximate surface area is 282 Å². The van der Waals surface area contributed by atoms with E-state index >= 15 is 4.39 Å². The lowest BCUT2D eigenvalue weighted by atomic mass is 9.95. The summed E-state index contributed by atoms with van der Waals surface area (Å²) in [6.45, 7) is 9.62. The van der Waals surface area contributed by atoms with Gasteiger partial charge in [0.05, 0.1) is 6.04 Å². The minimum Gasteiger partial charge on any atom is -0.343 e. The van der Waals surface area contributed by atoms with Crippen molar-refractivity contribution < 1.29 is 18.4 Å². The average Bonchev–Trinajstić information content (AvgIpc) is 3.09. The summed E-state index contributed by atoms with van der Waals surface area (Å²) in [6, 6.07) is 17.8. The summed E-state index contributed by atoms with van der Waals surface area (Å²) in [5.41, 5.74) is 3.69. The first-order chi connectivity index (χ1) is 22.7. The van der Waals surface area contributed by atoms with Crippen molar-refractivity contribution >= 4 is 23.4 Å². The Bertz CT molecular complexity index is 1490. The third-order valence-electron chi connectivity index (χ3n) is 9.60. The van der Waals surface area contributed by atoms with Crippen molar-refractivity contribution in [3.8, 4) is 0 Å². The van der Waals surface area contributed by atoms with Crippen molar-refractivity contribution in [3.63, 3.8) is 0 Å². The van der Waals surface area contributed by atoms with Gasteiger partial charge in [-0.05, 0) is 73.8 Å². The monoisotopic (exact) mass is 665 g/mol. The Hall–Kier alpha value is -3.37. The molecule has 0 aromatic heterocycles. The molecule has 0 radical (unpaired) electrons. The zero-order valence-corrected chi connectivity index (χ0v) is 28.1. The number of fused-ring (bicyclic) bond motifs is 1. The zero-order valence-electron chi connectivity index (χ0n) is 27.4. The number of carbonyl (C=O) groups excluding carboxylic acids is 2. The molecule has 2 aliphatic heterocycles. The highest BCUT2D eigenvalue weighted by Gasteiger charge is 2.34. The van der Waals surface area contributed by atoms with Crippen LogP contribution in [0, 0.1) is 11.6 Å². The van der Waals surface area contributed by atoms with Gasteiger partial charge in [0.2, 0.25) is 11.8 Å². The summed E-state index contributed by atoms with van der Waals surface area (Å²) >= 11 is 6.12. The van der Waals surface area contributed by atoms with Gasteiger partial charge < -0.3 is 20.4 Å². The topological polar surface area (TPSA) is 67.9 Å². The highest BCUT2D eigenvalue weighted by Crippen LogP contribution is 2.30. The number of nitrogens with one attached hydrogen (secondary N) is 2. The van der Waals surface area contributed by atoms with E-state index in [2.05, 4.69) is 40.3 Å². The lowest BCUT2D eigenvalue weighted by Gasteiger charge is -2.41. The SMILES string of the molecule is CCN(CC)CCCC(c1ccc(F)cc1F)N1CCN(C(=O)[C@@H](Cc2ccc(Cl)cc2)NC(=O)[C@H]2Cc3ccccc3CN2)CC1. The van der Waals surface area contributed by atoms with Crippen LogP contribution in [0.4, 0.5) is 8.78 Å². The van der Waals surface area contributed by atoms with Gasteiger partial charge in [-0.25, -0.2) is 8.78 Å². The molecular formula is C37H46ClF2N5O2. The average molecular weight is 666 g/mol. The van der Waals surface area contributed by atoms with E-state index in [1.165, 1.54) is 11.6 Å². The van der Waals surface area contributed by atoms with E-state index in [1.54, 1.807) is 23.1 Å². The summed E-state index contributed by atoms with van der Waals surface area (Å²) in [7, 11) is 0. The molecule has 0 saturated carbocycles. The fraction of sp³-hybridized carbons (Fsp3) is 0.459. The summed E-state index contributed by atoms with van der Waals surface area (Å²) in [5, 5.41) is 7.00. The molecule has 0 spiro atoms. The Balaban J connectivity index is 1.27. The Morgan fingerprint density at radius 1 is 0.979 bits per heavy atom. The van der Waals surface area contributed by atoms with Crippen molar-refractivity contribution in [1.82, 2.24) is 25.3 Å². The molecule has 1 unspecified atom stereocenters. The summed E-state index contributed by atoms with van der Waals surface area (Å²) in [5.74, 6) is -1.48. The van der Waals surface area contributed by atoms with Crippen molar-refractivity contribution in [2.75, 3.05) is 45.8 Å². The van der Waals surface area contributed by atoms with Crippen molar-refractivity contribution in [1.29, 1.82) is 0 Å². The largest absolute Gasteiger partial charge is 0.343 e. The van der Waals surface area contributed by atoms with Crippen LogP contribution in [0.1, 0.15) is 55.0 Å². The van der Waals surface area contributed by atoms with Gasteiger partial charge in [-0.3, -0.25) is 14.5 Å². The highest BCUT2D eigenvalue weighted by molar-refractivity contribution is 6.30. The summed E-state index contributed by atoms with van der Waals surface area (Å²) in [4.78, 5) is 34.0. The Kier molecular flexibility index (Phi) is 12.4. The van der Waals surface area contributed by atoms with E-state index in [1.807, 2.05) is 30.3 Å². The van der Waals surface area contributed by atoms with Gasteiger partial charge in [-0.2, -0.15) is 0 Å². The predicted octanol–water partition coefficient (Wildman–Crippen LogP) is 5.37. The smallest absolute Gasteiger partial charge is 0.245 e. The molecule has 2 N–H and O–H groups in total. The third kappa shape index (κ3) is 9.16. The van der Waals surface area contributed by atoms with Crippen LogP contribution in [0.25, 0.3) is 0 Å². The van der Waals surface area contributed by atoms with Crippen molar-refractivity contribution in [2.24, 2.45) is 0 Å².